The van der Waals surface area contributed by atoms with Gasteiger partial charge in [-0.1, -0.05) is 43.7 Å². The van der Waals surface area contributed by atoms with Crippen molar-refractivity contribution < 1.29 is 4.21 Å². The van der Waals surface area contributed by atoms with Crippen LogP contribution in [0.5, 0.6) is 0 Å². The van der Waals surface area contributed by atoms with Crippen LogP contribution >= 0.6 is 0 Å². The van der Waals surface area contributed by atoms with Crippen LogP contribution in [0.3, 0.4) is 0 Å². The summed E-state index contributed by atoms with van der Waals surface area (Å²) in [6.07, 6.45) is 5.85. The second-order valence-electron chi connectivity index (χ2n) is 4.60. The summed E-state index contributed by atoms with van der Waals surface area (Å²) in [4.78, 5) is 4.33. The maximum absolute atomic E-state index is 11.9. The standard InChI is InChI=1S/C15H20N2OS/c1-2-3-11-19(18)13-15-16-9-10-17(15)12-14-7-5-4-6-8-14/h4-10H,2-3,11-13H2,1H3. The van der Waals surface area contributed by atoms with Gasteiger partial charge in [-0.2, -0.15) is 0 Å². The van der Waals surface area contributed by atoms with Gasteiger partial charge in [-0.15, -0.1) is 0 Å². The summed E-state index contributed by atoms with van der Waals surface area (Å²) in [7, 11) is -0.801. The Kier molecular flexibility index (Phi) is 5.33. The highest BCUT2D eigenvalue weighted by atomic mass is 32.2. The third kappa shape index (κ3) is 4.31. The minimum atomic E-state index is -0.801. The van der Waals surface area contributed by atoms with Gasteiger partial charge in [-0.25, -0.2) is 4.98 Å². The molecule has 0 aliphatic rings. The maximum Gasteiger partial charge on any atom is 0.121 e. The fraction of sp³-hybridized carbons (Fsp3) is 0.400. The lowest BCUT2D eigenvalue weighted by molar-refractivity contribution is 0.673. The highest BCUT2D eigenvalue weighted by molar-refractivity contribution is 7.84. The third-order valence-corrected chi connectivity index (χ3v) is 4.34. The van der Waals surface area contributed by atoms with Crippen LogP contribution in [0.4, 0.5) is 0 Å². The molecule has 0 bridgehead atoms. The van der Waals surface area contributed by atoms with Gasteiger partial charge in [0.15, 0.2) is 0 Å². The van der Waals surface area contributed by atoms with Gasteiger partial charge in [-0.3, -0.25) is 4.21 Å². The van der Waals surface area contributed by atoms with Crippen molar-refractivity contribution in [3.8, 4) is 0 Å². The van der Waals surface area contributed by atoms with E-state index in [1.165, 1.54) is 5.56 Å². The van der Waals surface area contributed by atoms with E-state index >= 15 is 0 Å². The molecule has 0 N–H and O–H groups in total. The summed E-state index contributed by atoms with van der Waals surface area (Å²) in [5.41, 5.74) is 1.24. The number of unbranched alkanes of at least 4 members (excludes halogenated alkanes) is 1. The van der Waals surface area contributed by atoms with E-state index in [4.69, 9.17) is 0 Å². The zero-order valence-electron chi connectivity index (χ0n) is 11.3. The Morgan fingerprint density at radius 3 is 2.79 bits per heavy atom. The van der Waals surface area contributed by atoms with Crippen molar-refractivity contribution in [3.63, 3.8) is 0 Å². The smallest absolute Gasteiger partial charge is 0.121 e. The molecule has 0 aliphatic heterocycles. The van der Waals surface area contributed by atoms with Crippen LogP contribution in [0.15, 0.2) is 42.7 Å². The van der Waals surface area contributed by atoms with Crippen molar-refractivity contribution in [2.45, 2.75) is 32.1 Å². The molecular weight excluding hydrogens is 256 g/mol. The Hall–Kier alpha value is -1.42. The first kappa shape index (κ1) is 14.0. The Balaban J connectivity index is 2.00. The predicted molar refractivity (Wildman–Crippen MR) is 79.4 cm³/mol. The molecule has 2 aromatic rings. The first-order valence-corrected chi connectivity index (χ1v) is 8.17. The lowest BCUT2D eigenvalue weighted by Gasteiger charge is -2.08. The summed E-state index contributed by atoms with van der Waals surface area (Å²) < 4.78 is 14.0. The Morgan fingerprint density at radius 1 is 1.26 bits per heavy atom. The zero-order chi connectivity index (χ0) is 13.5. The second-order valence-corrected chi connectivity index (χ2v) is 6.18. The molecule has 3 nitrogen and oxygen atoms in total. The van der Waals surface area contributed by atoms with Gasteiger partial charge >= 0.3 is 0 Å². The van der Waals surface area contributed by atoms with Crippen LogP contribution in [0, 0.1) is 0 Å². The molecule has 1 aromatic carbocycles. The molecule has 2 rings (SSSR count). The van der Waals surface area contributed by atoms with Gasteiger partial charge in [0, 0.05) is 35.5 Å². The normalized spacial score (nSPS) is 12.5. The van der Waals surface area contributed by atoms with Crippen molar-refractivity contribution in [1.82, 2.24) is 9.55 Å². The number of rotatable bonds is 7. The zero-order valence-corrected chi connectivity index (χ0v) is 12.1. The molecule has 1 atom stereocenters. The molecule has 102 valence electrons. The monoisotopic (exact) mass is 276 g/mol. The van der Waals surface area contributed by atoms with Gasteiger partial charge in [0.1, 0.15) is 5.82 Å². The molecule has 0 amide bonds. The lowest BCUT2D eigenvalue weighted by atomic mass is 10.2. The molecule has 0 saturated carbocycles. The van der Waals surface area contributed by atoms with E-state index in [9.17, 15) is 4.21 Å². The maximum atomic E-state index is 11.9. The molecule has 0 saturated heterocycles. The van der Waals surface area contributed by atoms with Crippen molar-refractivity contribution in [2.75, 3.05) is 5.75 Å². The van der Waals surface area contributed by atoms with Crippen LogP contribution in [-0.4, -0.2) is 19.5 Å². The lowest BCUT2D eigenvalue weighted by Crippen LogP contribution is -2.09. The topological polar surface area (TPSA) is 34.9 Å². The average molecular weight is 276 g/mol. The molecule has 1 heterocycles. The fourth-order valence-electron chi connectivity index (χ4n) is 1.93. The molecular formula is C15H20N2OS. The quantitative estimate of drug-likeness (QED) is 0.779. The van der Waals surface area contributed by atoms with Crippen molar-refractivity contribution >= 4 is 10.8 Å². The number of nitrogens with zero attached hydrogens (tertiary/aromatic N) is 2. The van der Waals surface area contributed by atoms with Crippen molar-refractivity contribution in [1.29, 1.82) is 0 Å². The molecule has 0 fully saturated rings. The van der Waals surface area contributed by atoms with Crippen LogP contribution in [0.1, 0.15) is 31.2 Å². The van der Waals surface area contributed by atoms with E-state index in [0.29, 0.717) is 5.75 Å². The highest BCUT2D eigenvalue weighted by Gasteiger charge is 2.07. The van der Waals surface area contributed by atoms with E-state index in [-0.39, 0.29) is 0 Å². The van der Waals surface area contributed by atoms with Crippen LogP contribution in [-0.2, 0) is 23.1 Å². The fourth-order valence-corrected chi connectivity index (χ4v) is 3.21. The number of hydrogen-bond donors (Lipinski definition) is 0. The van der Waals surface area contributed by atoms with Gasteiger partial charge < -0.3 is 4.57 Å². The van der Waals surface area contributed by atoms with E-state index in [1.807, 2.05) is 24.4 Å². The second kappa shape index (κ2) is 7.24. The van der Waals surface area contributed by atoms with E-state index in [0.717, 1.165) is 31.0 Å². The third-order valence-electron chi connectivity index (χ3n) is 3.01. The van der Waals surface area contributed by atoms with Crippen LogP contribution in [0.25, 0.3) is 0 Å². The van der Waals surface area contributed by atoms with Gasteiger partial charge in [0.2, 0.25) is 0 Å². The number of imidazole rings is 1. The van der Waals surface area contributed by atoms with Crippen molar-refractivity contribution in [2.24, 2.45) is 0 Å². The first-order valence-electron chi connectivity index (χ1n) is 6.68. The summed E-state index contributed by atoms with van der Waals surface area (Å²) in [5.74, 6) is 2.24. The van der Waals surface area contributed by atoms with Crippen molar-refractivity contribution in [3.05, 3.63) is 54.1 Å². The summed E-state index contributed by atoms with van der Waals surface area (Å²) >= 11 is 0. The molecule has 1 unspecified atom stereocenters. The number of aromatic nitrogens is 2. The van der Waals surface area contributed by atoms with E-state index in [1.54, 1.807) is 6.20 Å². The largest absolute Gasteiger partial charge is 0.330 e. The Labute approximate surface area is 117 Å². The SMILES string of the molecule is CCCCS(=O)Cc1nccn1Cc1ccccc1. The molecule has 4 heteroatoms. The highest BCUT2D eigenvalue weighted by Crippen LogP contribution is 2.08. The average Bonchev–Trinajstić information content (AvgIpc) is 2.85. The van der Waals surface area contributed by atoms with E-state index in [2.05, 4.69) is 28.6 Å². The Morgan fingerprint density at radius 2 is 2.05 bits per heavy atom. The van der Waals surface area contributed by atoms with E-state index < -0.39 is 10.8 Å². The molecule has 0 aliphatic carbocycles. The predicted octanol–water partition coefficient (Wildman–Crippen LogP) is 2.98. The first-order chi connectivity index (χ1) is 9.29. The number of benzene rings is 1. The van der Waals surface area contributed by atoms with Crippen LogP contribution < -0.4 is 0 Å². The molecule has 0 radical (unpaired) electrons. The molecule has 0 spiro atoms. The van der Waals surface area contributed by atoms with Crippen LogP contribution in [0.2, 0.25) is 0 Å². The molecule has 19 heavy (non-hydrogen) atoms. The minimum Gasteiger partial charge on any atom is -0.330 e. The number of hydrogen-bond acceptors (Lipinski definition) is 2. The summed E-state index contributed by atoms with van der Waals surface area (Å²) in [5, 5.41) is 0. The summed E-state index contributed by atoms with van der Waals surface area (Å²) in [6, 6.07) is 10.3. The van der Waals surface area contributed by atoms with Gasteiger partial charge in [0.25, 0.3) is 0 Å². The molecule has 1 aromatic heterocycles. The summed E-state index contributed by atoms with van der Waals surface area (Å²) in [6.45, 7) is 2.91. The van der Waals surface area contributed by atoms with Gasteiger partial charge in [0.05, 0.1) is 5.75 Å². The minimum absolute atomic E-state index is 0.555. The Bertz CT molecular complexity index is 522. The van der Waals surface area contributed by atoms with Gasteiger partial charge in [-0.05, 0) is 12.0 Å².